The summed E-state index contributed by atoms with van der Waals surface area (Å²) < 4.78 is 14.3. The Morgan fingerprint density at radius 3 is 2.18 bits per heavy atom. The van der Waals surface area contributed by atoms with E-state index >= 15 is 0 Å². The summed E-state index contributed by atoms with van der Waals surface area (Å²) in [5, 5.41) is 12.9. The molecule has 33 heavy (non-hydrogen) atoms. The van der Waals surface area contributed by atoms with Gasteiger partial charge in [-0.25, -0.2) is 4.79 Å². The summed E-state index contributed by atoms with van der Waals surface area (Å²) in [6.45, 7) is 6.82. The fourth-order valence-corrected chi connectivity index (χ4v) is 9.22. The molecule has 0 radical (unpaired) electrons. The van der Waals surface area contributed by atoms with Gasteiger partial charge in [0.05, 0.1) is 12.7 Å². The van der Waals surface area contributed by atoms with Crippen molar-refractivity contribution in [3.8, 4) is 0 Å². The lowest BCUT2D eigenvalue weighted by Gasteiger charge is -2.43. The molecule has 0 spiro atoms. The van der Waals surface area contributed by atoms with Gasteiger partial charge in [0, 0.05) is 12.6 Å². The number of aromatic nitrogens is 2. The molecule has 1 unspecified atom stereocenters. The number of aliphatic hydroxyl groups is 1. The lowest BCUT2D eigenvalue weighted by Crippen LogP contribution is -2.67. The molecule has 0 aliphatic carbocycles. The predicted molar refractivity (Wildman–Crippen MR) is 131 cm³/mol. The average Bonchev–Trinajstić information content (AvgIpc) is 3.15. The first-order valence-electron chi connectivity index (χ1n) is 11.2. The topological polar surface area (TPSA) is 99.6 Å². The van der Waals surface area contributed by atoms with E-state index in [2.05, 4.69) is 50.0 Å². The molecule has 7 nitrogen and oxygen atoms in total. The Kier molecular flexibility index (Phi) is 6.53. The highest BCUT2D eigenvalue weighted by Crippen LogP contribution is 2.38. The number of benzene rings is 2. The number of anilines is 1. The summed E-state index contributed by atoms with van der Waals surface area (Å²) in [6.07, 6.45) is -0.125. The van der Waals surface area contributed by atoms with Gasteiger partial charge < -0.3 is 20.0 Å². The fourth-order valence-electron chi connectivity index (χ4n) is 4.65. The number of rotatable bonds is 6. The van der Waals surface area contributed by atoms with E-state index in [4.69, 9.17) is 14.9 Å². The van der Waals surface area contributed by atoms with Crippen LogP contribution in [0.25, 0.3) is 0 Å². The van der Waals surface area contributed by atoms with Crippen molar-refractivity contribution in [1.29, 1.82) is 0 Å². The number of aliphatic hydroxyl groups excluding tert-OH is 1. The van der Waals surface area contributed by atoms with Gasteiger partial charge in [-0.1, -0.05) is 81.4 Å². The lowest BCUT2D eigenvalue weighted by molar-refractivity contribution is -0.0426. The van der Waals surface area contributed by atoms with Crippen molar-refractivity contribution >= 4 is 24.5 Å². The molecule has 1 saturated heterocycles. The molecule has 3 N–H and O–H groups in total. The zero-order valence-corrected chi connectivity index (χ0v) is 20.2. The largest absolute Gasteiger partial charge is 0.405 e. The maximum atomic E-state index is 12.2. The molecular weight excluding hydrogens is 434 g/mol. The van der Waals surface area contributed by atoms with Crippen LogP contribution in [0.2, 0.25) is 5.04 Å². The molecule has 1 aromatic heterocycles. The van der Waals surface area contributed by atoms with Crippen molar-refractivity contribution in [2.75, 3.05) is 12.3 Å². The molecule has 4 rings (SSSR count). The highest BCUT2D eigenvalue weighted by molar-refractivity contribution is 6.99. The molecule has 8 heteroatoms. The van der Waals surface area contributed by atoms with E-state index in [0.717, 1.165) is 10.4 Å². The summed E-state index contributed by atoms with van der Waals surface area (Å²) in [4.78, 5) is 16.0. The first kappa shape index (κ1) is 23.4. The minimum absolute atomic E-state index is 0.154. The highest BCUT2D eigenvalue weighted by atomic mass is 28.4. The Morgan fingerprint density at radius 1 is 1.09 bits per heavy atom. The number of ether oxygens (including phenoxy) is 1. The Morgan fingerprint density at radius 2 is 1.67 bits per heavy atom. The van der Waals surface area contributed by atoms with Gasteiger partial charge in [-0.3, -0.25) is 4.57 Å². The fraction of sp³-hybridized carbons (Fsp3) is 0.360. The van der Waals surface area contributed by atoms with Crippen LogP contribution in [0.3, 0.4) is 0 Å². The van der Waals surface area contributed by atoms with E-state index in [0.29, 0.717) is 0 Å². The molecule has 2 aromatic carbocycles. The van der Waals surface area contributed by atoms with Crippen molar-refractivity contribution in [1.82, 2.24) is 9.55 Å². The third-order valence-electron chi connectivity index (χ3n) is 6.25. The number of nitrogen functional groups attached to an aromatic ring is 1. The van der Waals surface area contributed by atoms with Gasteiger partial charge in [0.1, 0.15) is 18.1 Å². The third-order valence-corrected chi connectivity index (χ3v) is 11.3. The van der Waals surface area contributed by atoms with Crippen LogP contribution in [0.5, 0.6) is 0 Å². The van der Waals surface area contributed by atoms with E-state index in [1.165, 1.54) is 4.57 Å². The Labute approximate surface area is 195 Å². The number of nitrogens with two attached hydrogens (primary N) is 1. The third kappa shape index (κ3) is 4.52. The second-order valence-electron chi connectivity index (χ2n) is 9.45. The monoisotopic (exact) mass is 465 g/mol. The van der Waals surface area contributed by atoms with Crippen molar-refractivity contribution in [3.63, 3.8) is 0 Å². The molecule has 1 fully saturated rings. The lowest BCUT2D eigenvalue weighted by atomic mass is 10.2. The Bertz CT molecular complexity index is 1090. The normalized spacial score (nSPS) is 21.3. The van der Waals surface area contributed by atoms with Crippen LogP contribution >= 0.6 is 0 Å². The molecule has 1 aliphatic rings. The van der Waals surface area contributed by atoms with Crippen LogP contribution in [-0.4, -0.2) is 41.8 Å². The second-order valence-corrected chi connectivity index (χ2v) is 13.8. The maximum Gasteiger partial charge on any atom is 0.351 e. The second kappa shape index (κ2) is 9.22. The number of hydrogen-bond acceptors (Lipinski definition) is 6. The molecule has 2 heterocycles. The van der Waals surface area contributed by atoms with E-state index in [9.17, 15) is 9.90 Å². The summed E-state index contributed by atoms with van der Waals surface area (Å²) in [6, 6.07) is 22.2. The minimum Gasteiger partial charge on any atom is -0.405 e. The maximum absolute atomic E-state index is 12.2. The SMILES string of the molecule is CC(C)(C)[Si](OC[C@H]1O[C@@H](n2ccc(N)nc2=O)CC1O)(c1ccccc1)c1ccccc1. The van der Waals surface area contributed by atoms with Gasteiger partial charge in [0.25, 0.3) is 8.32 Å². The predicted octanol–water partition coefficient (Wildman–Crippen LogP) is 2.05. The van der Waals surface area contributed by atoms with Gasteiger partial charge in [-0.15, -0.1) is 0 Å². The zero-order chi connectivity index (χ0) is 23.6. The summed E-state index contributed by atoms with van der Waals surface area (Å²) >= 11 is 0. The van der Waals surface area contributed by atoms with Crippen molar-refractivity contribution in [2.24, 2.45) is 0 Å². The summed E-state index contributed by atoms with van der Waals surface area (Å²) in [5.41, 5.74) is 5.10. The zero-order valence-electron chi connectivity index (χ0n) is 19.2. The van der Waals surface area contributed by atoms with E-state index in [1.54, 1.807) is 12.3 Å². The van der Waals surface area contributed by atoms with Gasteiger partial charge >= 0.3 is 5.69 Å². The molecule has 3 atom stereocenters. The van der Waals surface area contributed by atoms with Gasteiger partial charge in [-0.05, 0) is 21.5 Å². The van der Waals surface area contributed by atoms with E-state index in [-0.39, 0.29) is 23.9 Å². The highest BCUT2D eigenvalue weighted by Gasteiger charge is 2.51. The Hall–Kier alpha value is -2.78. The molecular formula is C25H31N3O4Si. The summed E-state index contributed by atoms with van der Waals surface area (Å²) in [5.74, 6) is 0.154. The molecule has 174 valence electrons. The standard InChI is InChI=1S/C25H31N3O4Si/c1-25(2,3)33(18-10-6-4-7-11-18,19-12-8-5-9-13-19)31-17-21-20(29)16-23(32-21)28-15-14-22(26)27-24(28)30/h4-15,20-21,23,29H,16-17H2,1-3H3,(H2,26,27,30)/t20?,21-,23-/m1/s1. The van der Waals surface area contributed by atoms with Crippen LogP contribution in [0.1, 0.15) is 33.4 Å². The molecule has 0 saturated carbocycles. The smallest absolute Gasteiger partial charge is 0.351 e. The minimum atomic E-state index is -2.75. The summed E-state index contributed by atoms with van der Waals surface area (Å²) in [7, 11) is -2.75. The molecule has 0 amide bonds. The first-order valence-corrected chi connectivity index (χ1v) is 13.1. The van der Waals surface area contributed by atoms with Gasteiger partial charge in [-0.2, -0.15) is 4.98 Å². The van der Waals surface area contributed by atoms with Gasteiger partial charge in [0.2, 0.25) is 0 Å². The van der Waals surface area contributed by atoms with E-state index < -0.39 is 32.4 Å². The molecule has 0 bridgehead atoms. The number of nitrogens with zero attached hydrogens (tertiary/aromatic N) is 2. The molecule has 3 aromatic rings. The first-order chi connectivity index (χ1) is 15.7. The number of hydrogen-bond donors (Lipinski definition) is 2. The Balaban J connectivity index is 1.65. The van der Waals surface area contributed by atoms with Crippen LogP contribution in [-0.2, 0) is 9.16 Å². The van der Waals surface area contributed by atoms with Crippen molar-refractivity contribution < 1.29 is 14.3 Å². The van der Waals surface area contributed by atoms with Crippen LogP contribution in [0.4, 0.5) is 5.82 Å². The van der Waals surface area contributed by atoms with Gasteiger partial charge in [0.15, 0.2) is 0 Å². The van der Waals surface area contributed by atoms with Crippen molar-refractivity contribution in [2.45, 2.75) is 50.7 Å². The van der Waals surface area contributed by atoms with Crippen LogP contribution in [0.15, 0.2) is 77.7 Å². The van der Waals surface area contributed by atoms with Crippen LogP contribution < -0.4 is 21.8 Å². The molecule has 1 aliphatic heterocycles. The van der Waals surface area contributed by atoms with E-state index in [1.807, 2.05) is 36.4 Å². The quantitative estimate of drug-likeness (QED) is 0.541. The van der Waals surface area contributed by atoms with Crippen LogP contribution in [0, 0.1) is 0 Å². The average molecular weight is 466 g/mol. The van der Waals surface area contributed by atoms with Crippen molar-refractivity contribution in [3.05, 3.63) is 83.4 Å².